The van der Waals surface area contributed by atoms with Crippen molar-refractivity contribution in [3.8, 4) is 0 Å². The second-order valence-corrected chi connectivity index (χ2v) is 3.92. The molecule has 0 saturated heterocycles. The third kappa shape index (κ3) is 2.18. The number of nitrogens with two attached hydrogens (primary N) is 1. The lowest BCUT2D eigenvalue weighted by Gasteiger charge is -2.06. The first kappa shape index (κ1) is 11.3. The standard InChI is InChI=1S/C12H14N4O/c1-8-3-4-9(16(8)2)7-10-11(12(13)17)15-6-5-14-10/h3-6H,7H2,1-2H3,(H2,13,17). The molecule has 88 valence electrons. The zero-order chi connectivity index (χ0) is 12.4. The second-order valence-electron chi connectivity index (χ2n) is 3.92. The van der Waals surface area contributed by atoms with E-state index in [1.54, 1.807) is 6.20 Å². The summed E-state index contributed by atoms with van der Waals surface area (Å²) in [6.07, 6.45) is 3.59. The average Bonchev–Trinajstić information content (AvgIpc) is 2.61. The molecular formula is C12H14N4O. The molecule has 17 heavy (non-hydrogen) atoms. The Morgan fingerprint density at radius 1 is 1.35 bits per heavy atom. The lowest BCUT2D eigenvalue weighted by Crippen LogP contribution is -2.17. The van der Waals surface area contributed by atoms with Gasteiger partial charge in [0.25, 0.3) is 5.91 Å². The number of nitrogens with zero attached hydrogens (tertiary/aromatic N) is 3. The van der Waals surface area contributed by atoms with E-state index in [0.717, 1.165) is 11.4 Å². The van der Waals surface area contributed by atoms with Crippen LogP contribution in [0.5, 0.6) is 0 Å². The summed E-state index contributed by atoms with van der Waals surface area (Å²) in [4.78, 5) is 19.3. The van der Waals surface area contributed by atoms with Crippen molar-refractivity contribution in [1.29, 1.82) is 0 Å². The Labute approximate surface area is 99.3 Å². The van der Waals surface area contributed by atoms with Crippen LogP contribution in [0, 0.1) is 6.92 Å². The third-order valence-electron chi connectivity index (χ3n) is 2.83. The monoisotopic (exact) mass is 230 g/mol. The van der Waals surface area contributed by atoms with Crippen LogP contribution in [-0.4, -0.2) is 20.4 Å². The molecule has 5 nitrogen and oxygen atoms in total. The number of aryl methyl sites for hydroxylation is 1. The van der Waals surface area contributed by atoms with Crippen LogP contribution in [0.25, 0.3) is 0 Å². The molecule has 0 aliphatic carbocycles. The van der Waals surface area contributed by atoms with Gasteiger partial charge in [0.2, 0.25) is 0 Å². The zero-order valence-electron chi connectivity index (χ0n) is 9.84. The lowest BCUT2D eigenvalue weighted by molar-refractivity contribution is 0.0994. The van der Waals surface area contributed by atoms with E-state index in [-0.39, 0.29) is 5.69 Å². The van der Waals surface area contributed by atoms with Gasteiger partial charge in [-0.15, -0.1) is 0 Å². The molecule has 0 spiro atoms. The van der Waals surface area contributed by atoms with E-state index in [1.807, 2.05) is 26.1 Å². The number of rotatable bonds is 3. The summed E-state index contributed by atoms with van der Waals surface area (Å²) in [6, 6.07) is 4.03. The molecule has 0 atom stereocenters. The molecule has 0 radical (unpaired) electrons. The Bertz CT molecular complexity index is 559. The van der Waals surface area contributed by atoms with Crippen molar-refractivity contribution in [3.05, 3.63) is 47.3 Å². The molecule has 0 aliphatic heterocycles. The van der Waals surface area contributed by atoms with Gasteiger partial charge in [-0.1, -0.05) is 0 Å². The van der Waals surface area contributed by atoms with E-state index in [2.05, 4.69) is 14.5 Å². The number of hydrogen-bond donors (Lipinski definition) is 1. The van der Waals surface area contributed by atoms with E-state index in [4.69, 9.17) is 5.73 Å². The lowest BCUT2D eigenvalue weighted by atomic mass is 10.2. The number of aromatic nitrogens is 3. The minimum absolute atomic E-state index is 0.242. The maximum Gasteiger partial charge on any atom is 0.269 e. The van der Waals surface area contributed by atoms with Crippen LogP contribution in [0.3, 0.4) is 0 Å². The highest BCUT2D eigenvalue weighted by atomic mass is 16.1. The molecule has 5 heteroatoms. The van der Waals surface area contributed by atoms with E-state index in [1.165, 1.54) is 6.20 Å². The third-order valence-corrected chi connectivity index (χ3v) is 2.83. The molecule has 0 fully saturated rings. The van der Waals surface area contributed by atoms with Crippen molar-refractivity contribution in [3.63, 3.8) is 0 Å². The van der Waals surface area contributed by atoms with Crippen LogP contribution in [0.4, 0.5) is 0 Å². The maximum absolute atomic E-state index is 11.2. The smallest absolute Gasteiger partial charge is 0.269 e. The Hall–Kier alpha value is -2.17. The average molecular weight is 230 g/mol. The molecule has 2 aromatic rings. The molecule has 2 aromatic heterocycles. The topological polar surface area (TPSA) is 73.8 Å². The summed E-state index contributed by atoms with van der Waals surface area (Å²) in [5, 5.41) is 0. The fourth-order valence-electron chi connectivity index (χ4n) is 1.72. The van der Waals surface area contributed by atoms with E-state index < -0.39 is 5.91 Å². The van der Waals surface area contributed by atoms with Gasteiger partial charge in [0.15, 0.2) is 0 Å². The molecule has 0 unspecified atom stereocenters. The van der Waals surface area contributed by atoms with Crippen LogP contribution in [0.1, 0.15) is 27.6 Å². The number of hydrogen-bond acceptors (Lipinski definition) is 3. The van der Waals surface area contributed by atoms with Gasteiger partial charge in [-0.2, -0.15) is 0 Å². The SMILES string of the molecule is Cc1ccc(Cc2nccnc2C(N)=O)n1C. The summed E-state index contributed by atoms with van der Waals surface area (Å²) in [6.45, 7) is 2.02. The van der Waals surface area contributed by atoms with Gasteiger partial charge in [0.05, 0.1) is 5.69 Å². The normalized spacial score (nSPS) is 10.5. The fourth-order valence-corrected chi connectivity index (χ4v) is 1.72. The minimum atomic E-state index is -0.543. The van der Waals surface area contributed by atoms with Crippen molar-refractivity contribution >= 4 is 5.91 Å². The quantitative estimate of drug-likeness (QED) is 0.848. The number of amides is 1. The van der Waals surface area contributed by atoms with Crippen LogP contribution in [0.15, 0.2) is 24.5 Å². The van der Waals surface area contributed by atoms with Crippen molar-refractivity contribution in [2.24, 2.45) is 12.8 Å². The van der Waals surface area contributed by atoms with Gasteiger partial charge in [0.1, 0.15) is 5.69 Å². The van der Waals surface area contributed by atoms with Gasteiger partial charge < -0.3 is 10.3 Å². The van der Waals surface area contributed by atoms with E-state index in [0.29, 0.717) is 12.1 Å². The first-order valence-electron chi connectivity index (χ1n) is 5.30. The molecule has 1 amide bonds. The van der Waals surface area contributed by atoms with E-state index in [9.17, 15) is 4.79 Å². The van der Waals surface area contributed by atoms with Crippen molar-refractivity contribution in [2.45, 2.75) is 13.3 Å². The predicted octanol–water partition coefficient (Wildman–Crippen LogP) is 0.813. The summed E-state index contributed by atoms with van der Waals surface area (Å²) >= 11 is 0. The molecular weight excluding hydrogens is 216 g/mol. The highest BCUT2D eigenvalue weighted by Gasteiger charge is 2.12. The van der Waals surface area contributed by atoms with Crippen molar-refractivity contribution in [1.82, 2.24) is 14.5 Å². The number of primary amides is 1. The first-order valence-corrected chi connectivity index (χ1v) is 5.30. The minimum Gasteiger partial charge on any atom is -0.364 e. The largest absolute Gasteiger partial charge is 0.364 e. The summed E-state index contributed by atoms with van der Waals surface area (Å²) in [5.74, 6) is -0.543. The Kier molecular flexibility index (Phi) is 2.91. The van der Waals surface area contributed by atoms with Gasteiger partial charge in [0, 0.05) is 37.3 Å². The van der Waals surface area contributed by atoms with Crippen LogP contribution in [-0.2, 0) is 13.5 Å². The predicted molar refractivity (Wildman–Crippen MR) is 63.5 cm³/mol. The Morgan fingerprint density at radius 2 is 2.06 bits per heavy atom. The molecule has 2 N–H and O–H groups in total. The number of carbonyl (C=O) groups excluding carboxylic acids is 1. The zero-order valence-corrected chi connectivity index (χ0v) is 9.84. The molecule has 0 bridgehead atoms. The Balaban J connectivity index is 2.36. The van der Waals surface area contributed by atoms with Crippen molar-refractivity contribution < 1.29 is 4.79 Å². The highest BCUT2D eigenvalue weighted by Crippen LogP contribution is 2.12. The van der Waals surface area contributed by atoms with Gasteiger partial charge in [-0.25, -0.2) is 4.98 Å². The van der Waals surface area contributed by atoms with Gasteiger partial charge >= 0.3 is 0 Å². The summed E-state index contributed by atoms with van der Waals surface area (Å²) in [5.41, 5.74) is 8.35. The summed E-state index contributed by atoms with van der Waals surface area (Å²) in [7, 11) is 1.98. The van der Waals surface area contributed by atoms with E-state index >= 15 is 0 Å². The van der Waals surface area contributed by atoms with Crippen molar-refractivity contribution in [2.75, 3.05) is 0 Å². The number of carbonyl (C=O) groups is 1. The Morgan fingerprint density at radius 3 is 2.65 bits per heavy atom. The molecule has 2 heterocycles. The highest BCUT2D eigenvalue weighted by molar-refractivity contribution is 5.91. The first-order chi connectivity index (χ1) is 8.09. The molecule has 0 aromatic carbocycles. The van der Waals surface area contributed by atoms with Gasteiger partial charge in [-0.3, -0.25) is 9.78 Å². The summed E-state index contributed by atoms with van der Waals surface area (Å²) < 4.78 is 2.06. The van der Waals surface area contributed by atoms with Crippen LogP contribution < -0.4 is 5.73 Å². The molecule has 0 aliphatic rings. The second kappa shape index (κ2) is 4.37. The molecule has 2 rings (SSSR count). The fraction of sp³-hybridized carbons (Fsp3) is 0.250. The van der Waals surface area contributed by atoms with Crippen LogP contribution in [0.2, 0.25) is 0 Å². The van der Waals surface area contributed by atoms with Crippen LogP contribution >= 0.6 is 0 Å². The van der Waals surface area contributed by atoms with Gasteiger partial charge in [-0.05, 0) is 19.1 Å². The molecule has 0 saturated carbocycles. The maximum atomic E-state index is 11.2.